The first-order chi connectivity index (χ1) is 20.6. The number of carbonyl (C=O) groups is 2. The van der Waals surface area contributed by atoms with Gasteiger partial charge in [0.1, 0.15) is 12.4 Å². The maximum atomic E-state index is 13.3. The first kappa shape index (κ1) is 28.1. The highest BCUT2D eigenvalue weighted by molar-refractivity contribution is 6.08. The van der Waals surface area contributed by atoms with Crippen LogP contribution in [0.5, 0.6) is 6.01 Å². The monoisotopic (exact) mass is 577 g/mol. The van der Waals surface area contributed by atoms with E-state index < -0.39 is 5.91 Å². The smallest absolute Gasteiger partial charge is 0.316 e. The van der Waals surface area contributed by atoms with Crippen molar-refractivity contribution in [1.29, 1.82) is 0 Å². The van der Waals surface area contributed by atoms with E-state index in [0.29, 0.717) is 69.3 Å². The zero-order valence-electron chi connectivity index (χ0n) is 23.4. The van der Waals surface area contributed by atoms with Crippen LogP contribution >= 0.6 is 0 Å². The number of oxazole rings is 1. The zero-order chi connectivity index (χ0) is 28.7. The summed E-state index contributed by atoms with van der Waals surface area (Å²) in [4.78, 5) is 43.5. The van der Waals surface area contributed by atoms with Gasteiger partial charge in [-0.25, -0.2) is 9.97 Å². The van der Waals surface area contributed by atoms with Crippen molar-refractivity contribution in [2.45, 2.75) is 38.0 Å². The molecule has 0 spiro atoms. The second kappa shape index (κ2) is 13.3. The summed E-state index contributed by atoms with van der Waals surface area (Å²) in [5.41, 5.74) is 1.92. The zero-order valence-corrected chi connectivity index (χ0v) is 23.4. The highest BCUT2D eigenvalue weighted by atomic mass is 16.5. The molecule has 3 aliphatic rings. The minimum absolute atomic E-state index is 0.00652. The van der Waals surface area contributed by atoms with Crippen LogP contribution in [0, 0.1) is 0 Å². The largest absolute Gasteiger partial charge is 0.460 e. The number of hydrogen-bond donors (Lipinski definition) is 2. The van der Waals surface area contributed by atoms with Crippen molar-refractivity contribution in [2.24, 2.45) is 0 Å². The summed E-state index contributed by atoms with van der Waals surface area (Å²) in [6.45, 7) is 6.14. The third kappa shape index (κ3) is 7.04. The Labute approximate surface area is 243 Å². The van der Waals surface area contributed by atoms with Crippen molar-refractivity contribution in [1.82, 2.24) is 25.2 Å². The fraction of sp³-hybridized carbons (Fsp3) is 0.483. The fourth-order valence-electron chi connectivity index (χ4n) is 5.28. The van der Waals surface area contributed by atoms with Crippen LogP contribution in [-0.4, -0.2) is 96.4 Å². The Balaban J connectivity index is 1.10. The van der Waals surface area contributed by atoms with E-state index in [4.69, 9.17) is 18.6 Å². The quantitative estimate of drug-likeness (QED) is 0.386. The van der Waals surface area contributed by atoms with Gasteiger partial charge in [0.2, 0.25) is 0 Å². The second-order valence-corrected chi connectivity index (χ2v) is 10.6. The van der Waals surface area contributed by atoms with Crippen molar-refractivity contribution in [3.05, 3.63) is 59.7 Å². The normalized spacial score (nSPS) is 19.9. The minimum Gasteiger partial charge on any atom is -0.460 e. The van der Waals surface area contributed by atoms with Crippen LogP contribution in [0.15, 0.2) is 47.3 Å². The Bertz CT molecular complexity index is 1350. The summed E-state index contributed by atoms with van der Waals surface area (Å²) in [7, 11) is 0. The van der Waals surface area contributed by atoms with E-state index >= 15 is 0 Å². The molecule has 42 heavy (non-hydrogen) atoms. The predicted octanol–water partition coefficient (Wildman–Crippen LogP) is 2.12. The highest BCUT2D eigenvalue weighted by Gasteiger charge is 2.26. The van der Waals surface area contributed by atoms with Gasteiger partial charge in [-0.1, -0.05) is 6.07 Å². The van der Waals surface area contributed by atoms with Crippen LogP contribution in [0.3, 0.4) is 0 Å². The van der Waals surface area contributed by atoms with Gasteiger partial charge in [0, 0.05) is 64.6 Å². The minimum atomic E-state index is -0.455. The first-order valence-electron chi connectivity index (χ1n) is 14.4. The molecule has 0 saturated carbocycles. The molecule has 1 aromatic carbocycles. The van der Waals surface area contributed by atoms with Gasteiger partial charge < -0.3 is 34.2 Å². The van der Waals surface area contributed by atoms with Gasteiger partial charge in [-0.05, 0) is 30.2 Å². The van der Waals surface area contributed by atoms with E-state index in [0.717, 1.165) is 37.9 Å². The van der Waals surface area contributed by atoms with E-state index in [9.17, 15) is 9.59 Å². The maximum absolute atomic E-state index is 13.3. The molecule has 0 aliphatic carbocycles. The molecule has 5 heterocycles. The molecule has 6 rings (SSSR count). The predicted molar refractivity (Wildman–Crippen MR) is 152 cm³/mol. The van der Waals surface area contributed by atoms with Crippen molar-refractivity contribution in [2.75, 3.05) is 62.8 Å². The number of morpholine rings is 1. The van der Waals surface area contributed by atoms with Gasteiger partial charge in [-0.2, -0.15) is 4.98 Å². The van der Waals surface area contributed by atoms with Crippen LogP contribution in [0.25, 0.3) is 0 Å². The van der Waals surface area contributed by atoms with Gasteiger partial charge in [-0.15, -0.1) is 0 Å². The number of anilines is 2. The number of nitrogens with one attached hydrogen (secondary N) is 2. The molecule has 0 radical (unpaired) electrons. The van der Waals surface area contributed by atoms with E-state index in [1.165, 1.54) is 6.26 Å². The summed E-state index contributed by atoms with van der Waals surface area (Å²) in [5, 5.41) is 5.91. The number of piperidine rings is 1. The van der Waals surface area contributed by atoms with E-state index in [2.05, 4.69) is 30.5 Å². The van der Waals surface area contributed by atoms with Crippen LogP contribution in [0.2, 0.25) is 0 Å². The molecule has 13 nitrogen and oxygen atoms in total. The van der Waals surface area contributed by atoms with Crippen LogP contribution in [0.4, 0.5) is 11.7 Å². The lowest BCUT2D eigenvalue weighted by Crippen LogP contribution is -2.38. The molecule has 13 heteroatoms. The van der Waals surface area contributed by atoms with Crippen molar-refractivity contribution in [3.8, 4) is 6.01 Å². The molecule has 2 aromatic heterocycles. The number of amides is 2. The van der Waals surface area contributed by atoms with Gasteiger partial charge in [0.05, 0.1) is 37.1 Å². The Kier molecular flexibility index (Phi) is 8.87. The summed E-state index contributed by atoms with van der Waals surface area (Å²) in [5.74, 6) is -0.708. The second-order valence-electron chi connectivity index (χ2n) is 10.6. The van der Waals surface area contributed by atoms with E-state index in [-0.39, 0.29) is 23.7 Å². The standard InChI is InChI=1S/C29H35N7O6/c37-26(32-21-6-13-40-18-21)23-16-20(17-35-11-14-39-15-12-35)2-3-24(23)33-27(38)25-19-41-29(34-25)36-9-4-22(5-10-36)42-28-30-7-1-8-31-28/h1-3,7-8,16,19,21-22H,4-6,9-15,17-18H2,(H,32,37)(H,33,38)/t21-/m1/s1. The third-order valence-corrected chi connectivity index (χ3v) is 7.60. The van der Waals surface area contributed by atoms with Crippen LogP contribution in [0.1, 0.15) is 45.7 Å². The number of carbonyl (C=O) groups excluding carboxylic acids is 2. The van der Waals surface area contributed by atoms with Gasteiger partial charge in [-0.3, -0.25) is 14.5 Å². The number of ether oxygens (including phenoxy) is 3. The molecule has 2 amide bonds. The topological polar surface area (TPSA) is 144 Å². The molecule has 2 N–H and O–H groups in total. The summed E-state index contributed by atoms with van der Waals surface area (Å²) < 4.78 is 22.4. The highest BCUT2D eigenvalue weighted by Crippen LogP contribution is 2.24. The molecule has 3 saturated heterocycles. The average molecular weight is 578 g/mol. The van der Waals surface area contributed by atoms with Crippen molar-refractivity contribution >= 4 is 23.5 Å². The maximum Gasteiger partial charge on any atom is 0.316 e. The molecule has 0 bridgehead atoms. The number of hydrogen-bond acceptors (Lipinski definition) is 11. The molecule has 3 aromatic rings. The lowest BCUT2D eigenvalue weighted by molar-refractivity contribution is 0.0342. The number of nitrogens with zero attached hydrogens (tertiary/aromatic N) is 5. The van der Waals surface area contributed by atoms with Gasteiger partial charge >= 0.3 is 6.01 Å². The molecule has 1 atom stereocenters. The molecule has 3 fully saturated rings. The number of benzene rings is 1. The van der Waals surface area contributed by atoms with Gasteiger partial charge in [0.25, 0.3) is 17.8 Å². The van der Waals surface area contributed by atoms with E-state index in [1.807, 2.05) is 17.0 Å². The summed E-state index contributed by atoms with van der Waals surface area (Å²) in [6.07, 6.45) is 6.87. The fourth-order valence-corrected chi connectivity index (χ4v) is 5.28. The molecule has 3 aliphatic heterocycles. The molecule has 222 valence electrons. The average Bonchev–Trinajstić information content (AvgIpc) is 3.72. The number of aromatic nitrogens is 3. The summed E-state index contributed by atoms with van der Waals surface area (Å²) >= 11 is 0. The Morgan fingerprint density at radius 1 is 0.976 bits per heavy atom. The Morgan fingerprint density at radius 3 is 2.55 bits per heavy atom. The van der Waals surface area contributed by atoms with E-state index in [1.54, 1.807) is 24.5 Å². The van der Waals surface area contributed by atoms with Gasteiger partial charge in [0.15, 0.2) is 5.69 Å². The Morgan fingerprint density at radius 2 is 1.79 bits per heavy atom. The molecular formula is C29H35N7O6. The SMILES string of the molecule is O=C(Nc1ccc(CN2CCOCC2)cc1C(=O)N[C@@H]1CCOC1)c1coc(N2CCC(Oc3ncccn3)CC2)n1. The van der Waals surface area contributed by atoms with Crippen molar-refractivity contribution < 1.29 is 28.2 Å². The van der Waals surface area contributed by atoms with Crippen LogP contribution in [-0.2, 0) is 16.0 Å². The first-order valence-corrected chi connectivity index (χ1v) is 14.4. The Hall–Kier alpha value is -4.07. The lowest BCUT2D eigenvalue weighted by Gasteiger charge is -2.30. The third-order valence-electron chi connectivity index (χ3n) is 7.60. The van der Waals surface area contributed by atoms with Crippen LogP contribution < -0.4 is 20.3 Å². The number of rotatable bonds is 9. The summed E-state index contributed by atoms with van der Waals surface area (Å²) in [6, 6.07) is 7.97. The van der Waals surface area contributed by atoms with Crippen molar-refractivity contribution in [3.63, 3.8) is 0 Å². The molecule has 0 unspecified atom stereocenters. The lowest BCUT2D eigenvalue weighted by atomic mass is 10.1. The molecular weight excluding hydrogens is 542 g/mol.